The molecule has 11 heavy (non-hydrogen) atoms. The summed E-state index contributed by atoms with van der Waals surface area (Å²) >= 11 is 1.94. The van der Waals surface area contributed by atoms with Crippen LogP contribution in [0.3, 0.4) is 0 Å². The predicted molar refractivity (Wildman–Crippen MR) is 50.0 cm³/mol. The molecule has 2 aliphatic heterocycles. The van der Waals surface area contributed by atoms with Crippen LogP contribution in [0.5, 0.6) is 0 Å². The van der Waals surface area contributed by atoms with Gasteiger partial charge in [0.15, 0.2) is 0 Å². The molecule has 2 heteroatoms. The van der Waals surface area contributed by atoms with Crippen molar-refractivity contribution in [2.75, 3.05) is 6.54 Å². The van der Waals surface area contributed by atoms with Crippen molar-refractivity contribution in [2.45, 2.75) is 26.7 Å². The quantitative estimate of drug-likeness (QED) is 0.590. The number of hydrogen-bond donors (Lipinski definition) is 0. The van der Waals surface area contributed by atoms with Gasteiger partial charge in [0.05, 0.1) is 5.03 Å². The summed E-state index contributed by atoms with van der Waals surface area (Å²) in [6.45, 7) is 5.67. The number of thioether (sulfide) groups is 1. The first kappa shape index (κ1) is 7.29. The number of hydrogen-bond acceptors (Lipinski definition) is 2. The molecule has 0 radical (unpaired) electrons. The van der Waals surface area contributed by atoms with Gasteiger partial charge in [-0.3, -0.25) is 0 Å². The van der Waals surface area contributed by atoms with Crippen molar-refractivity contribution in [3.05, 3.63) is 21.7 Å². The van der Waals surface area contributed by atoms with Gasteiger partial charge in [-0.05, 0) is 19.8 Å². The van der Waals surface area contributed by atoms with E-state index >= 15 is 0 Å². The third-order valence-electron chi connectivity index (χ3n) is 2.26. The summed E-state index contributed by atoms with van der Waals surface area (Å²) in [5, 5.41) is 1.47. The highest BCUT2D eigenvalue weighted by Gasteiger charge is 2.26. The monoisotopic (exact) mass is 167 g/mol. The lowest BCUT2D eigenvalue weighted by Gasteiger charge is -2.16. The molecule has 0 amide bonds. The molecule has 0 aromatic rings. The molecule has 0 aliphatic carbocycles. The van der Waals surface area contributed by atoms with Crippen molar-refractivity contribution < 1.29 is 0 Å². The van der Waals surface area contributed by atoms with Crippen molar-refractivity contribution in [2.24, 2.45) is 0 Å². The van der Waals surface area contributed by atoms with Crippen LogP contribution in [0.2, 0.25) is 0 Å². The van der Waals surface area contributed by atoms with E-state index in [1.807, 2.05) is 11.8 Å². The minimum Gasteiger partial charge on any atom is -0.339 e. The average molecular weight is 167 g/mol. The van der Waals surface area contributed by atoms with E-state index in [1.165, 1.54) is 29.3 Å². The fourth-order valence-corrected chi connectivity index (χ4v) is 2.95. The summed E-state index contributed by atoms with van der Waals surface area (Å²) in [5.41, 5.74) is 1.54. The van der Waals surface area contributed by atoms with Crippen LogP contribution < -0.4 is 0 Å². The normalized spacial score (nSPS) is 22.7. The van der Waals surface area contributed by atoms with Crippen LogP contribution in [0.25, 0.3) is 0 Å². The second-order valence-electron chi connectivity index (χ2n) is 2.94. The Morgan fingerprint density at radius 1 is 1.64 bits per heavy atom. The van der Waals surface area contributed by atoms with Crippen LogP contribution in [0.4, 0.5) is 0 Å². The van der Waals surface area contributed by atoms with Gasteiger partial charge in [-0.15, -0.1) is 0 Å². The van der Waals surface area contributed by atoms with Gasteiger partial charge < -0.3 is 4.90 Å². The third-order valence-corrected chi connectivity index (χ3v) is 3.40. The zero-order valence-electron chi connectivity index (χ0n) is 7.05. The van der Waals surface area contributed by atoms with Crippen LogP contribution >= 0.6 is 11.8 Å². The smallest absolute Gasteiger partial charge is 0.0755 e. The maximum atomic E-state index is 2.46. The Balaban J connectivity index is 2.29. The molecule has 2 heterocycles. The lowest BCUT2D eigenvalue weighted by Crippen LogP contribution is -2.13. The molecule has 1 nitrogen and oxygen atoms in total. The molecule has 0 saturated heterocycles. The maximum Gasteiger partial charge on any atom is 0.0755 e. The van der Waals surface area contributed by atoms with Crippen molar-refractivity contribution >= 4 is 11.8 Å². The Morgan fingerprint density at radius 2 is 2.45 bits per heavy atom. The summed E-state index contributed by atoms with van der Waals surface area (Å²) in [6.07, 6.45) is 4.76. The number of fused-ring (bicyclic) bond motifs is 1. The van der Waals surface area contributed by atoms with E-state index in [2.05, 4.69) is 24.8 Å². The van der Waals surface area contributed by atoms with Crippen LogP contribution in [-0.4, -0.2) is 11.4 Å². The van der Waals surface area contributed by atoms with E-state index in [1.54, 1.807) is 5.70 Å². The van der Waals surface area contributed by atoms with Gasteiger partial charge in [0.2, 0.25) is 0 Å². The Morgan fingerprint density at radius 3 is 3.18 bits per heavy atom. The van der Waals surface area contributed by atoms with Gasteiger partial charge in [0.1, 0.15) is 0 Å². The van der Waals surface area contributed by atoms with Crippen LogP contribution in [-0.2, 0) is 0 Å². The minimum atomic E-state index is 1.18. The van der Waals surface area contributed by atoms with E-state index in [9.17, 15) is 0 Å². The Bertz CT molecular complexity index is 240. The number of nitrogens with zero attached hydrogens (tertiary/aromatic N) is 1. The van der Waals surface area contributed by atoms with E-state index in [0.29, 0.717) is 0 Å². The zero-order valence-corrected chi connectivity index (χ0v) is 7.87. The standard InChI is InChI=1S/C9H13NS/c1-3-8-7(2)11-9-5-4-6-10(8)9/h5H,3-4,6H2,1-2H3. The summed E-state index contributed by atoms with van der Waals surface area (Å²) in [7, 11) is 0. The summed E-state index contributed by atoms with van der Waals surface area (Å²) < 4.78 is 0. The average Bonchev–Trinajstić information content (AvgIpc) is 2.46. The van der Waals surface area contributed by atoms with Crippen LogP contribution in [0, 0.1) is 0 Å². The second-order valence-corrected chi connectivity index (χ2v) is 4.18. The second kappa shape index (κ2) is 2.59. The predicted octanol–water partition coefficient (Wildman–Crippen LogP) is 2.92. The zero-order chi connectivity index (χ0) is 7.84. The molecule has 0 aromatic heterocycles. The molecule has 0 atom stereocenters. The molecule has 0 N–H and O–H groups in total. The van der Waals surface area contributed by atoms with Crippen molar-refractivity contribution in [1.82, 2.24) is 4.90 Å². The van der Waals surface area contributed by atoms with Crippen LogP contribution in [0.15, 0.2) is 21.7 Å². The Hall–Kier alpha value is -0.370. The molecular formula is C9H13NS. The first-order chi connectivity index (χ1) is 5.33. The van der Waals surface area contributed by atoms with E-state index in [4.69, 9.17) is 0 Å². The molecule has 0 bridgehead atoms. The molecule has 0 aromatic carbocycles. The molecule has 0 spiro atoms. The molecular weight excluding hydrogens is 154 g/mol. The van der Waals surface area contributed by atoms with E-state index in [-0.39, 0.29) is 0 Å². The molecule has 2 rings (SSSR count). The summed E-state index contributed by atoms with van der Waals surface area (Å²) in [6, 6.07) is 0. The summed E-state index contributed by atoms with van der Waals surface area (Å²) in [5.74, 6) is 0. The largest absolute Gasteiger partial charge is 0.339 e. The topological polar surface area (TPSA) is 3.24 Å². The van der Waals surface area contributed by atoms with Crippen molar-refractivity contribution in [3.8, 4) is 0 Å². The molecule has 2 aliphatic rings. The van der Waals surface area contributed by atoms with Gasteiger partial charge in [-0.25, -0.2) is 0 Å². The summed E-state index contributed by atoms with van der Waals surface area (Å²) in [4.78, 5) is 3.96. The maximum absolute atomic E-state index is 2.46. The number of allylic oxidation sites excluding steroid dienone is 2. The van der Waals surface area contributed by atoms with E-state index < -0.39 is 0 Å². The SMILES string of the molecule is CCC1=C(C)SC2=CCCN21. The van der Waals surface area contributed by atoms with Crippen LogP contribution in [0.1, 0.15) is 26.7 Å². The van der Waals surface area contributed by atoms with Gasteiger partial charge in [0.25, 0.3) is 0 Å². The lowest BCUT2D eigenvalue weighted by atomic mass is 10.3. The number of rotatable bonds is 1. The lowest BCUT2D eigenvalue weighted by molar-refractivity contribution is 0.482. The Labute approximate surface area is 72.2 Å². The molecule has 60 valence electrons. The van der Waals surface area contributed by atoms with Gasteiger partial charge in [0, 0.05) is 17.1 Å². The molecule has 0 unspecified atom stereocenters. The third kappa shape index (κ3) is 1.00. The highest BCUT2D eigenvalue weighted by Crippen LogP contribution is 2.44. The first-order valence-electron chi connectivity index (χ1n) is 4.18. The Kier molecular flexibility index (Phi) is 1.72. The van der Waals surface area contributed by atoms with Gasteiger partial charge in [-0.2, -0.15) is 0 Å². The minimum absolute atomic E-state index is 1.18. The van der Waals surface area contributed by atoms with Gasteiger partial charge >= 0.3 is 0 Å². The fourth-order valence-electron chi connectivity index (χ4n) is 1.75. The van der Waals surface area contributed by atoms with Crippen molar-refractivity contribution in [1.29, 1.82) is 0 Å². The first-order valence-corrected chi connectivity index (χ1v) is 5.00. The van der Waals surface area contributed by atoms with Gasteiger partial charge in [-0.1, -0.05) is 24.8 Å². The molecule has 0 fully saturated rings. The highest BCUT2D eigenvalue weighted by atomic mass is 32.2. The van der Waals surface area contributed by atoms with Crippen molar-refractivity contribution in [3.63, 3.8) is 0 Å². The molecule has 0 saturated carbocycles. The highest BCUT2D eigenvalue weighted by molar-refractivity contribution is 8.06. The van der Waals surface area contributed by atoms with E-state index in [0.717, 1.165) is 0 Å². The fraction of sp³-hybridized carbons (Fsp3) is 0.556.